The van der Waals surface area contributed by atoms with Crippen LogP contribution >= 0.6 is 0 Å². The van der Waals surface area contributed by atoms with Crippen LogP contribution in [0.15, 0.2) is 24.3 Å². The van der Waals surface area contributed by atoms with Crippen molar-refractivity contribution in [3.05, 3.63) is 29.8 Å². The number of nitrogens with one attached hydrogen (secondary N) is 1. The summed E-state index contributed by atoms with van der Waals surface area (Å²) >= 11 is 0. The summed E-state index contributed by atoms with van der Waals surface area (Å²) in [6.45, 7) is 14.4. The molecule has 0 aliphatic heterocycles. The fourth-order valence-corrected chi connectivity index (χ4v) is 3.07. The topological polar surface area (TPSA) is 35.5 Å². The third kappa shape index (κ3) is 5.01. The van der Waals surface area contributed by atoms with Crippen LogP contribution < -0.4 is 5.32 Å². The largest absolute Gasteiger partial charge is 0.508 e. The SMILES string of the molecule is CCCNC(Cc1cccc(O)c1)C(C)(C)N(CC)CC. The van der Waals surface area contributed by atoms with Gasteiger partial charge in [0, 0.05) is 11.6 Å². The van der Waals surface area contributed by atoms with Gasteiger partial charge in [-0.25, -0.2) is 0 Å². The van der Waals surface area contributed by atoms with Crippen LogP contribution in [-0.2, 0) is 6.42 Å². The Labute approximate surface area is 130 Å². The fourth-order valence-electron chi connectivity index (χ4n) is 3.07. The lowest BCUT2D eigenvalue weighted by molar-refractivity contribution is 0.0911. The number of phenolic OH excluding ortho intramolecular Hbond substituents is 1. The van der Waals surface area contributed by atoms with Gasteiger partial charge in [0.25, 0.3) is 0 Å². The molecule has 1 rings (SSSR count). The second-order valence-electron chi connectivity index (χ2n) is 6.21. The minimum Gasteiger partial charge on any atom is -0.508 e. The summed E-state index contributed by atoms with van der Waals surface area (Å²) < 4.78 is 0. The van der Waals surface area contributed by atoms with Crippen LogP contribution in [0.3, 0.4) is 0 Å². The summed E-state index contributed by atoms with van der Waals surface area (Å²) in [6.07, 6.45) is 2.06. The van der Waals surface area contributed by atoms with E-state index in [-0.39, 0.29) is 5.54 Å². The first-order valence-electron chi connectivity index (χ1n) is 8.22. The van der Waals surface area contributed by atoms with Crippen LogP contribution in [0.5, 0.6) is 5.75 Å². The van der Waals surface area contributed by atoms with Gasteiger partial charge in [0.05, 0.1) is 0 Å². The fraction of sp³-hybridized carbons (Fsp3) is 0.667. The maximum absolute atomic E-state index is 9.68. The van der Waals surface area contributed by atoms with Crippen LogP contribution in [0.25, 0.3) is 0 Å². The lowest BCUT2D eigenvalue weighted by Gasteiger charge is -2.44. The molecule has 0 aliphatic rings. The molecule has 0 amide bonds. The Bertz CT molecular complexity index is 413. The Balaban J connectivity index is 2.93. The Morgan fingerprint density at radius 2 is 1.86 bits per heavy atom. The van der Waals surface area contributed by atoms with Crippen molar-refractivity contribution in [3.63, 3.8) is 0 Å². The molecule has 1 aromatic rings. The Morgan fingerprint density at radius 1 is 1.19 bits per heavy atom. The highest BCUT2D eigenvalue weighted by atomic mass is 16.3. The molecular weight excluding hydrogens is 260 g/mol. The van der Waals surface area contributed by atoms with Crippen molar-refractivity contribution in [2.24, 2.45) is 0 Å². The molecule has 1 atom stereocenters. The van der Waals surface area contributed by atoms with E-state index < -0.39 is 0 Å². The third-order valence-electron chi connectivity index (χ3n) is 4.42. The van der Waals surface area contributed by atoms with E-state index in [1.54, 1.807) is 6.07 Å². The monoisotopic (exact) mass is 292 g/mol. The van der Waals surface area contributed by atoms with Crippen molar-refractivity contribution in [3.8, 4) is 5.75 Å². The first-order valence-corrected chi connectivity index (χ1v) is 8.22. The van der Waals surface area contributed by atoms with Gasteiger partial charge in [-0.2, -0.15) is 0 Å². The summed E-state index contributed by atoms with van der Waals surface area (Å²) in [5.74, 6) is 0.349. The quantitative estimate of drug-likeness (QED) is 0.732. The Morgan fingerprint density at radius 3 is 2.38 bits per heavy atom. The average Bonchev–Trinajstić information content (AvgIpc) is 2.44. The van der Waals surface area contributed by atoms with E-state index >= 15 is 0 Å². The lowest BCUT2D eigenvalue weighted by atomic mass is 9.87. The molecule has 1 aromatic carbocycles. The summed E-state index contributed by atoms with van der Waals surface area (Å²) in [7, 11) is 0. The third-order valence-corrected chi connectivity index (χ3v) is 4.42. The molecule has 0 aromatic heterocycles. The minimum absolute atomic E-state index is 0.0735. The maximum atomic E-state index is 9.68. The smallest absolute Gasteiger partial charge is 0.115 e. The zero-order valence-corrected chi connectivity index (χ0v) is 14.3. The molecule has 1 unspecified atom stereocenters. The van der Waals surface area contributed by atoms with E-state index in [1.807, 2.05) is 12.1 Å². The molecule has 0 radical (unpaired) electrons. The van der Waals surface area contributed by atoms with Crippen molar-refractivity contribution >= 4 is 0 Å². The number of likely N-dealkylation sites (N-methyl/N-ethyl adjacent to an activating group) is 1. The second-order valence-corrected chi connectivity index (χ2v) is 6.21. The molecule has 0 saturated carbocycles. The van der Waals surface area contributed by atoms with Gasteiger partial charge < -0.3 is 10.4 Å². The average molecular weight is 292 g/mol. The maximum Gasteiger partial charge on any atom is 0.115 e. The zero-order valence-electron chi connectivity index (χ0n) is 14.3. The molecule has 3 heteroatoms. The molecule has 21 heavy (non-hydrogen) atoms. The Kier molecular flexibility index (Phi) is 7.20. The van der Waals surface area contributed by atoms with Gasteiger partial charge in [-0.1, -0.05) is 32.9 Å². The number of nitrogens with zero attached hydrogens (tertiary/aromatic N) is 1. The summed E-state index contributed by atoms with van der Waals surface area (Å²) in [5, 5.41) is 13.4. The van der Waals surface area contributed by atoms with Gasteiger partial charge in [-0.3, -0.25) is 4.90 Å². The first kappa shape index (κ1) is 18.0. The van der Waals surface area contributed by atoms with Crippen molar-refractivity contribution in [1.29, 1.82) is 0 Å². The highest BCUT2D eigenvalue weighted by molar-refractivity contribution is 5.28. The van der Waals surface area contributed by atoms with E-state index in [0.717, 1.165) is 32.5 Å². The highest BCUT2D eigenvalue weighted by Crippen LogP contribution is 2.23. The number of benzene rings is 1. The van der Waals surface area contributed by atoms with Crippen molar-refractivity contribution in [2.75, 3.05) is 19.6 Å². The van der Waals surface area contributed by atoms with E-state index in [0.29, 0.717) is 11.8 Å². The van der Waals surface area contributed by atoms with Gasteiger partial charge in [0.1, 0.15) is 5.75 Å². The predicted octanol–water partition coefficient (Wildman–Crippen LogP) is 3.42. The van der Waals surface area contributed by atoms with Gasteiger partial charge in [0.2, 0.25) is 0 Å². The van der Waals surface area contributed by atoms with Crippen molar-refractivity contribution in [1.82, 2.24) is 10.2 Å². The summed E-state index contributed by atoms with van der Waals surface area (Å²) in [5.41, 5.74) is 1.26. The van der Waals surface area contributed by atoms with Gasteiger partial charge in [0.15, 0.2) is 0 Å². The Hall–Kier alpha value is -1.06. The lowest BCUT2D eigenvalue weighted by Crippen LogP contribution is -2.58. The van der Waals surface area contributed by atoms with Crippen LogP contribution in [0.4, 0.5) is 0 Å². The molecule has 0 aliphatic carbocycles. The second kappa shape index (κ2) is 8.40. The van der Waals surface area contributed by atoms with Crippen molar-refractivity contribution < 1.29 is 5.11 Å². The number of rotatable bonds is 9. The predicted molar refractivity (Wildman–Crippen MR) is 90.9 cm³/mol. The van der Waals surface area contributed by atoms with Crippen LogP contribution in [0.1, 0.15) is 46.6 Å². The summed E-state index contributed by atoms with van der Waals surface area (Å²) in [6, 6.07) is 7.98. The van der Waals surface area contributed by atoms with E-state index in [4.69, 9.17) is 0 Å². The molecule has 2 N–H and O–H groups in total. The van der Waals surface area contributed by atoms with Crippen molar-refractivity contribution in [2.45, 2.75) is 59.0 Å². The number of phenols is 1. The standard InChI is InChI=1S/C18H32N2O/c1-6-12-19-17(18(4,5)20(7-2)8-3)14-15-10-9-11-16(21)13-15/h9-11,13,17,19,21H,6-8,12,14H2,1-5H3. The van der Waals surface area contributed by atoms with E-state index in [2.05, 4.69) is 50.9 Å². The molecule has 0 spiro atoms. The van der Waals surface area contributed by atoms with Crippen LogP contribution in [-0.4, -0.2) is 41.2 Å². The number of hydrogen-bond acceptors (Lipinski definition) is 3. The minimum atomic E-state index is 0.0735. The van der Waals surface area contributed by atoms with Crippen LogP contribution in [0.2, 0.25) is 0 Å². The van der Waals surface area contributed by atoms with E-state index in [1.165, 1.54) is 5.56 Å². The highest BCUT2D eigenvalue weighted by Gasteiger charge is 2.33. The normalized spacial score (nSPS) is 13.6. The molecule has 0 saturated heterocycles. The number of hydrogen-bond donors (Lipinski definition) is 2. The van der Waals surface area contributed by atoms with E-state index in [9.17, 15) is 5.11 Å². The van der Waals surface area contributed by atoms with Gasteiger partial charge in [-0.05, 0) is 64.0 Å². The number of aromatic hydroxyl groups is 1. The molecule has 120 valence electrons. The molecular formula is C18H32N2O. The van der Waals surface area contributed by atoms with Gasteiger partial charge in [-0.15, -0.1) is 0 Å². The molecule has 0 bridgehead atoms. The first-order chi connectivity index (χ1) is 9.95. The van der Waals surface area contributed by atoms with Gasteiger partial charge >= 0.3 is 0 Å². The van der Waals surface area contributed by atoms with Crippen LogP contribution in [0, 0.1) is 0 Å². The molecule has 0 fully saturated rings. The molecule has 3 nitrogen and oxygen atoms in total. The zero-order chi connectivity index (χ0) is 15.9. The molecule has 0 heterocycles. The summed E-state index contributed by atoms with van der Waals surface area (Å²) in [4.78, 5) is 2.50.